The fourth-order valence-electron chi connectivity index (χ4n) is 4.54. The lowest BCUT2D eigenvalue weighted by atomic mass is 9.88. The van der Waals surface area contributed by atoms with Crippen molar-refractivity contribution in [1.29, 1.82) is 5.26 Å². The standard InChI is InChI=1S/C25H26N6O/c1-16(2)30-23-10-7-17(15-29-23)24-21(14-26)20-9-8-19(32-25-27-11-4-12-28-25)13-22(20)31(24)18-5-3-6-18/h4,7-13,15-16,18,21,24H,3,5-6H2,1-2H3,(H,29,30). The summed E-state index contributed by atoms with van der Waals surface area (Å²) in [5, 5.41) is 13.5. The SMILES string of the molecule is CC(C)Nc1ccc(C2C(C#N)c3ccc(Oc4ncccn4)cc3N2C2CCC2)cn1. The van der Waals surface area contributed by atoms with Crippen LogP contribution < -0.4 is 15.0 Å². The molecule has 3 heterocycles. The smallest absolute Gasteiger partial charge is 0.321 e. The van der Waals surface area contributed by atoms with Crippen LogP contribution in [0.3, 0.4) is 0 Å². The molecule has 0 saturated heterocycles. The van der Waals surface area contributed by atoms with Crippen LogP contribution in [0.2, 0.25) is 0 Å². The van der Waals surface area contributed by atoms with Gasteiger partial charge >= 0.3 is 6.01 Å². The molecule has 1 aliphatic heterocycles. The summed E-state index contributed by atoms with van der Waals surface area (Å²) < 4.78 is 5.89. The number of aromatic nitrogens is 3. The third-order valence-corrected chi connectivity index (χ3v) is 6.15. The first kappa shape index (κ1) is 20.3. The fraction of sp³-hybridized carbons (Fsp3) is 0.360. The van der Waals surface area contributed by atoms with Crippen LogP contribution in [0.25, 0.3) is 0 Å². The lowest BCUT2D eigenvalue weighted by Crippen LogP contribution is -2.41. The van der Waals surface area contributed by atoms with Gasteiger partial charge in [-0.05, 0) is 62.4 Å². The van der Waals surface area contributed by atoms with E-state index in [-0.39, 0.29) is 12.0 Å². The highest BCUT2D eigenvalue weighted by molar-refractivity contribution is 5.68. The molecule has 3 aromatic rings. The largest absolute Gasteiger partial charge is 0.424 e. The number of pyridine rings is 1. The van der Waals surface area contributed by atoms with Crippen molar-refractivity contribution in [3.63, 3.8) is 0 Å². The predicted molar refractivity (Wildman–Crippen MR) is 123 cm³/mol. The van der Waals surface area contributed by atoms with E-state index in [2.05, 4.69) is 51.2 Å². The van der Waals surface area contributed by atoms with Gasteiger partial charge in [-0.1, -0.05) is 12.1 Å². The molecule has 0 radical (unpaired) electrons. The van der Waals surface area contributed by atoms with Gasteiger partial charge < -0.3 is 15.0 Å². The van der Waals surface area contributed by atoms with Gasteiger partial charge in [0.15, 0.2) is 0 Å². The zero-order valence-electron chi connectivity index (χ0n) is 18.3. The molecule has 1 aliphatic carbocycles. The molecule has 0 amide bonds. The minimum Gasteiger partial charge on any atom is -0.424 e. The monoisotopic (exact) mass is 426 g/mol. The van der Waals surface area contributed by atoms with Gasteiger partial charge in [0.2, 0.25) is 0 Å². The third-order valence-electron chi connectivity index (χ3n) is 6.15. The lowest BCUT2D eigenvalue weighted by Gasteiger charge is -2.41. The van der Waals surface area contributed by atoms with Crippen LogP contribution in [-0.4, -0.2) is 27.0 Å². The highest BCUT2D eigenvalue weighted by Gasteiger charge is 2.44. The molecule has 32 heavy (non-hydrogen) atoms. The molecule has 2 unspecified atom stereocenters. The molecule has 1 aromatic carbocycles. The molecule has 1 N–H and O–H groups in total. The summed E-state index contributed by atoms with van der Waals surface area (Å²) in [6, 6.07) is 15.3. The topological polar surface area (TPSA) is 87.0 Å². The average Bonchev–Trinajstić information content (AvgIpc) is 3.07. The first-order valence-electron chi connectivity index (χ1n) is 11.1. The Kier molecular flexibility index (Phi) is 5.36. The van der Waals surface area contributed by atoms with Crippen LogP contribution in [0, 0.1) is 11.3 Å². The second-order valence-corrected chi connectivity index (χ2v) is 8.67. The summed E-state index contributed by atoms with van der Waals surface area (Å²) in [4.78, 5) is 15.3. The normalized spacial score (nSPS) is 19.9. The second kappa shape index (κ2) is 8.46. The predicted octanol–water partition coefficient (Wildman–Crippen LogP) is 5.21. The Balaban J connectivity index is 1.51. The van der Waals surface area contributed by atoms with Crippen LogP contribution in [0.4, 0.5) is 11.5 Å². The molecule has 162 valence electrons. The summed E-state index contributed by atoms with van der Waals surface area (Å²) in [6.45, 7) is 4.18. The van der Waals surface area contributed by atoms with Gasteiger partial charge in [-0.25, -0.2) is 15.0 Å². The summed E-state index contributed by atoms with van der Waals surface area (Å²) in [7, 11) is 0. The van der Waals surface area contributed by atoms with E-state index in [9.17, 15) is 5.26 Å². The molecule has 0 spiro atoms. The lowest BCUT2D eigenvalue weighted by molar-refractivity contribution is 0.362. The van der Waals surface area contributed by atoms with Crippen LogP contribution in [0.15, 0.2) is 55.0 Å². The maximum Gasteiger partial charge on any atom is 0.321 e. The minimum atomic E-state index is -0.265. The van der Waals surface area contributed by atoms with Gasteiger partial charge in [-0.15, -0.1) is 0 Å². The summed E-state index contributed by atoms with van der Waals surface area (Å²) >= 11 is 0. The molecule has 1 saturated carbocycles. The number of benzene rings is 1. The molecule has 7 nitrogen and oxygen atoms in total. The highest BCUT2D eigenvalue weighted by atomic mass is 16.5. The van der Waals surface area contributed by atoms with E-state index in [1.165, 1.54) is 6.42 Å². The molecule has 2 atom stereocenters. The first-order valence-corrected chi connectivity index (χ1v) is 11.1. The number of hydrogen-bond acceptors (Lipinski definition) is 7. The Morgan fingerprint density at radius 3 is 2.56 bits per heavy atom. The number of nitriles is 1. The van der Waals surface area contributed by atoms with Crippen molar-refractivity contribution >= 4 is 11.5 Å². The minimum absolute atomic E-state index is 0.0656. The maximum atomic E-state index is 10.2. The van der Waals surface area contributed by atoms with Crippen LogP contribution in [0.1, 0.15) is 56.2 Å². The zero-order valence-corrected chi connectivity index (χ0v) is 18.3. The molecule has 1 fully saturated rings. The van der Waals surface area contributed by atoms with Crippen molar-refractivity contribution in [3.05, 3.63) is 66.1 Å². The summed E-state index contributed by atoms with van der Waals surface area (Å²) in [5.74, 6) is 1.26. The van der Waals surface area contributed by atoms with E-state index in [0.717, 1.165) is 35.5 Å². The van der Waals surface area contributed by atoms with Gasteiger partial charge in [0.1, 0.15) is 11.6 Å². The van der Waals surface area contributed by atoms with Crippen molar-refractivity contribution in [1.82, 2.24) is 15.0 Å². The number of anilines is 2. The van der Waals surface area contributed by atoms with Gasteiger partial charge in [0.25, 0.3) is 0 Å². The number of hydrogen-bond donors (Lipinski definition) is 1. The Morgan fingerprint density at radius 2 is 1.94 bits per heavy atom. The van der Waals surface area contributed by atoms with Crippen molar-refractivity contribution < 1.29 is 4.74 Å². The Morgan fingerprint density at radius 1 is 1.12 bits per heavy atom. The van der Waals surface area contributed by atoms with Crippen molar-refractivity contribution in [2.24, 2.45) is 0 Å². The van der Waals surface area contributed by atoms with E-state index in [1.54, 1.807) is 18.5 Å². The van der Waals surface area contributed by atoms with Crippen LogP contribution in [-0.2, 0) is 0 Å². The number of nitrogens with one attached hydrogen (secondary N) is 1. The van der Waals surface area contributed by atoms with E-state index < -0.39 is 0 Å². The number of ether oxygens (including phenoxy) is 1. The van der Waals surface area contributed by atoms with Gasteiger partial charge in [-0.3, -0.25) is 0 Å². The van der Waals surface area contributed by atoms with Crippen molar-refractivity contribution in [2.45, 2.75) is 57.2 Å². The number of nitrogens with zero attached hydrogens (tertiary/aromatic N) is 5. The molecule has 0 bridgehead atoms. The fourth-order valence-corrected chi connectivity index (χ4v) is 4.54. The first-order chi connectivity index (χ1) is 15.6. The van der Waals surface area contributed by atoms with Crippen LogP contribution >= 0.6 is 0 Å². The van der Waals surface area contributed by atoms with Gasteiger partial charge in [0, 0.05) is 42.4 Å². The molecule has 2 aromatic heterocycles. The van der Waals surface area contributed by atoms with Crippen molar-refractivity contribution in [2.75, 3.05) is 10.2 Å². The highest BCUT2D eigenvalue weighted by Crippen LogP contribution is 2.53. The summed E-state index contributed by atoms with van der Waals surface area (Å²) in [5.41, 5.74) is 3.15. The molecule has 5 rings (SSSR count). The Labute approximate surface area is 188 Å². The third kappa shape index (κ3) is 3.73. The molecule has 7 heteroatoms. The van der Waals surface area contributed by atoms with E-state index in [0.29, 0.717) is 23.8 Å². The number of fused-ring (bicyclic) bond motifs is 1. The number of rotatable bonds is 6. The van der Waals surface area contributed by atoms with Crippen LogP contribution in [0.5, 0.6) is 11.8 Å². The van der Waals surface area contributed by atoms with Gasteiger partial charge in [0.05, 0.1) is 18.0 Å². The van der Waals surface area contributed by atoms with E-state index in [1.807, 2.05) is 30.5 Å². The van der Waals surface area contributed by atoms with Crippen molar-refractivity contribution in [3.8, 4) is 17.8 Å². The Hall–Kier alpha value is -3.66. The Bertz CT molecular complexity index is 1120. The van der Waals surface area contributed by atoms with E-state index >= 15 is 0 Å². The average molecular weight is 427 g/mol. The quantitative estimate of drug-likeness (QED) is 0.579. The molecular formula is C25H26N6O. The zero-order chi connectivity index (χ0) is 22.1. The van der Waals surface area contributed by atoms with E-state index in [4.69, 9.17) is 4.74 Å². The van der Waals surface area contributed by atoms with Gasteiger partial charge in [-0.2, -0.15) is 5.26 Å². The molecule has 2 aliphatic rings. The maximum absolute atomic E-state index is 10.2. The summed E-state index contributed by atoms with van der Waals surface area (Å²) in [6.07, 6.45) is 8.69. The second-order valence-electron chi connectivity index (χ2n) is 8.67. The molecular weight excluding hydrogens is 400 g/mol.